The molecule has 0 bridgehead atoms. The van der Waals surface area contributed by atoms with Crippen molar-refractivity contribution >= 4 is 11.9 Å². The lowest BCUT2D eigenvalue weighted by Crippen LogP contribution is -2.46. The average Bonchev–Trinajstić information content (AvgIpc) is 3.15. The molecule has 3 rings (SSSR count). The highest BCUT2D eigenvalue weighted by atomic mass is 32.2. The van der Waals surface area contributed by atoms with Gasteiger partial charge in [-0.3, -0.25) is 4.72 Å². The number of halogens is 1. The minimum atomic E-state index is -0.504. The molecule has 0 spiro atoms. The molecular weight excluding hydrogens is 383 g/mol. The van der Waals surface area contributed by atoms with Crippen molar-refractivity contribution in [2.75, 3.05) is 21.3 Å². The number of quaternary nitrogens is 1. The van der Waals surface area contributed by atoms with Gasteiger partial charge in [-0.1, -0.05) is 18.2 Å². The van der Waals surface area contributed by atoms with Crippen LogP contribution in [-0.2, 0) is 11.4 Å². The number of ether oxygens (including phenoxy) is 2. The van der Waals surface area contributed by atoms with Gasteiger partial charge in [-0.15, -0.1) is 5.10 Å². The van der Waals surface area contributed by atoms with Gasteiger partial charge in [0, 0.05) is 35.3 Å². The number of aromatic nitrogens is 2. The van der Waals surface area contributed by atoms with Crippen LogP contribution in [-0.4, -0.2) is 31.1 Å². The van der Waals surface area contributed by atoms with E-state index in [0.717, 1.165) is 27.6 Å². The Kier molecular flexibility index (Phi) is 8.76. The Balaban J connectivity index is 0.000000878. The number of hydrogen-bond acceptors (Lipinski definition) is 6. The Morgan fingerprint density at radius 1 is 1.11 bits per heavy atom. The van der Waals surface area contributed by atoms with Gasteiger partial charge >= 0.3 is 0 Å². The second-order valence-corrected chi connectivity index (χ2v) is 6.37. The van der Waals surface area contributed by atoms with Crippen LogP contribution < -0.4 is 20.1 Å². The third kappa shape index (κ3) is 5.96. The number of hydrogen-bond donors (Lipinski definition) is 2. The van der Waals surface area contributed by atoms with E-state index in [4.69, 9.17) is 9.47 Å². The van der Waals surface area contributed by atoms with Gasteiger partial charge < -0.3 is 9.47 Å². The predicted molar refractivity (Wildman–Crippen MR) is 106 cm³/mol. The fourth-order valence-corrected chi connectivity index (χ4v) is 3.15. The van der Waals surface area contributed by atoms with Gasteiger partial charge in [-0.05, 0) is 30.1 Å². The van der Waals surface area contributed by atoms with Crippen molar-refractivity contribution in [3.63, 3.8) is 0 Å². The molecule has 0 aliphatic carbocycles. The van der Waals surface area contributed by atoms with E-state index in [1.807, 2.05) is 42.5 Å². The fourth-order valence-electron chi connectivity index (χ4n) is 2.36. The molecule has 1 heterocycles. The SMILES string of the molecule is CO[NH3+].COc1ccc(CNSc2ccccc2-n2ccc(F)n2)c(OC)c1. The molecule has 4 N–H and O–H groups in total. The van der Waals surface area contributed by atoms with E-state index >= 15 is 0 Å². The van der Waals surface area contributed by atoms with Crippen LogP contribution in [0.4, 0.5) is 4.39 Å². The minimum Gasteiger partial charge on any atom is -0.497 e. The first-order valence-electron chi connectivity index (χ1n) is 8.32. The summed E-state index contributed by atoms with van der Waals surface area (Å²) in [6, 6.07) is 14.7. The van der Waals surface area contributed by atoms with Gasteiger partial charge in [-0.25, -0.2) is 15.4 Å². The summed E-state index contributed by atoms with van der Waals surface area (Å²) in [5, 5.41) is 3.83. The van der Waals surface area contributed by atoms with Crippen LogP contribution in [0.3, 0.4) is 0 Å². The number of nitrogens with zero attached hydrogens (tertiary/aromatic N) is 2. The summed E-state index contributed by atoms with van der Waals surface area (Å²) in [6.45, 7) is 0.597. The summed E-state index contributed by atoms with van der Waals surface area (Å²) < 4.78 is 28.6. The molecule has 0 saturated heterocycles. The number of nitrogens with one attached hydrogen (secondary N) is 1. The van der Waals surface area contributed by atoms with Crippen molar-refractivity contribution in [2.45, 2.75) is 11.4 Å². The van der Waals surface area contributed by atoms with E-state index in [1.165, 1.54) is 29.8 Å². The zero-order valence-electron chi connectivity index (χ0n) is 16.0. The van der Waals surface area contributed by atoms with Crippen LogP contribution in [0.1, 0.15) is 5.56 Å². The van der Waals surface area contributed by atoms with Crippen molar-refractivity contribution in [1.29, 1.82) is 0 Å². The Hall–Kier alpha value is -2.59. The standard InChI is InChI=1S/C18H18FN3O2S.CH6NO/c1-23-14-8-7-13(16(11-14)24-2)12-20-25-17-6-4-3-5-15(17)22-10-9-18(19)21-22;1-3-2/h3-11,20H,12H2,1-2H3;1-2H3/q;+1. The molecule has 7 nitrogen and oxygen atoms in total. The van der Waals surface area contributed by atoms with E-state index in [1.54, 1.807) is 20.4 Å². The molecule has 1 aromatic heterocycles. The van der Waals surface area contributed by atoms with Crippen LogP contribution in [0, 0.1) is 5.95 Å². The normalized spacial score (nSPS) is 10.2. The van der Waals surface area contributed by atoms with Crippen molar-refractivity contribution in [3.8, 4) is 17.2 Å². The highest BCUT2D eigenvalue weighted by Crippen LogP contribution is 2.27. The second-order valence-electron chi connectivity index (χ2n) is 5.44. The van der Waals surface area contributed by atoms with E-state index in [0.29, 0.717) is 6.54 Å². The highest BCUT2D eigenvalue weighted by molar-refractivity contribution is 7.97. The molecular formula is C19H24FN4O3S+. The van der Waals surface area contributed by atoms with Gasteiger partial charge in [0.25, 0.3) is 0 Å². The maximum absolute atomic E-state index is 13.2. The molecule has 150 valence electrons. The molecule has 0 fully saturated rings. The Morgan fingerprint density at radius 2 is 1.86 bits per heavy atom. The lowest BCUT2D eigenvalue weighted by atomic mass is 10.2. The first-order chi connectivity index (χ1) is 13.6. The average molecular weight is 407 g/mol. The van der Waals surface area contributed by atoms with Gasteiger partial charge in [0.05, 0.1) is 27.0 Å². The molecule has 9 heteroatoms. The molecule has 2 aromatic carbocycles. The summed E-state index contributed by atoms with van der Waals surface area (Å²) in [6.07, 6.45) is 1.60. The van der Waals surface area contributed by atoms with Crippen LogP contribution in [0.5, 0.6) is 11.5 Å². The summed E-state index contributed by atoms with van der Waals surface area (Å²) in [7, 11) is 4.77. The largest absolute Gasteiger partial charge is 0.497 e. The minimum absolute atomic E-state index is 0.504. The Labute approximate surface area is 167 Å². The smallest absolute Gasteiger partial charge is 0.233 e. The second kappa shape index (κ2) is 11.3. The molecule has 0 aliphatic heterocycles. The highest BCUT2D eigenvalue weighted by Gasteiger charge is 2.09. The van der Waals surface area contributed by atoms with E-state index in [2.05, 4.69) is 20.6 Å². The number of rotatable bonds is 7. The third-order valence-electron chi connectivity index (χ3n) is 3.61. The van der Waals surface area contributed by atoms with Gasteiger partial charge in [0.1, 0.15) is 11.5 Å². The summed E-state index contributed by atoms with van der Waals surface area (Å²) in [5.74, 6) is 3.99. The van der Waals surface area contributed by atoms with Crippen molar-refractivity contribution < 1.29 is 24.6 Å². The number of methoxy groups -OCH3 is 2. The first kappa shape index (κ1) is 21.7. The van der Waals surface area contributed by atoms with Crippen LogP contribution in [0.25, 0.3) is 5.69 Å². The van der Waals surface area contributed by atoms with Crippen molar-refractivity contribution in [2.24, 2.45) is 0 Å². The van der Waals surface area contributed by atoms with Crippen LogP contribution in [0.2, 0.25) is 0 Å². The number of benzene rings is 2. The topological polar surface area (TPSA) is 85.2 Å². The van der Waals surface area contributed by atoms with Gasteiger partial charge in [-0.2, -0.15) is 4.39 Å². The summed E-state index contributed by atoms with van der Waals surface area (Å²) in [5.41, 5.74) is 1.82. The zero-order chi connectivity index (χ0) is 20.4. The molecule has 0 unspecified atom stereocenters. The van der Waals surface area contributed by atoms with Crippen LogP contribution >= 0.6 is 11.9 Å². The summed E-state index contributed by atoms with van der Waals surface area (Å²) >= 11 is 1.46. The number of para-hydroxylation sites is 1. The maximum atomic E-state index is 13.2. The van der Waals surface area contributed by atoms with Gasteiger partial charge in [0.15, 0.2) is 0 Å². The Bertz CT molecular complexity index is 876. The van der Waals surface area contributed by atoms with E-state index in [9.17, 15) is 4.39 Å². The fraction of sp³-hybridized carbons (Fsp3) is 0.211. The molecule has 0 amide bonds. The van der Waals surface area contributed by atoms with E-state index < -0.39 is 5.95 Å². The molecule has 28 heavy (non-hydrogen) atoms. The zero-order valence-corrected chi connectivity index (χ0v) is 16.8. The third-order valence-corrected chi connectivity index (χ3v) is 4.46. The first-order valence-corrected chi connectivity index (χ1v) is 9.14. The van der Waals surface area contributed by atoms with Crippen molar-refractivity contribution in [1.82, 2.24) is 14.5 Å². The lowest BCUT2D eigenvalue weighted by molar-refractivity contribution is -0.679. The molecule has 0 aliphatic rings. The molecule has 0 saturated carbocycles. The molecule has 0 radical (unpaired) electrons. The quantitative estimate of drug-likeness (QED) is 0.463. The van der Waals surface area contributed by atoms with E-state index in [-0.39, 0.29) is 0 Å². The summed E-state index contributed by atoms with van der Waals surface area (Å²) in [4.78, 5) is 4.94. The molecule has 3 aromatic rings. The molecule has 0 atom stereocenters. The lowest BCUT2D eigenvalue weighted by Gasteiger charge is -2.12. The van der Waals surface area contributed by atoms with Gasteiger partial charge in [0.2, 0.25) is 5.95 Å². The van der Waals surface area contributed by atoms with Crippen molar-refractivity contribution in [3.05, 3.63) is 66.2 Å². The maximum Gasteiger partial charge on any atom is 0.233 e. The monoisotopic (exact) mass is 407 g/mol. The predicted octanol–water partition coefficient (Wildman–Crippen LogP) is 2.62. The Morgan fingerprint density at radius 3 is 2.50 bits per heavy atom. The van der Waals surface area contributed by atoms with Crippen LogP contribution in [0.15, 0.2) is 59.6 Å².